The first kappa shape index (κ1) is 15.1. The molecule has 0 spiro atoms. The standard InChI is InChI=1S/C17H29NS/c1-14(2)12-18-13-16(17-10-7-11-19-17)15-8-5-3-4-6-9-15/h7,10-11,14-16,18H,3-6,8-9,12-13H2,1-2H3. The van der Waals surface area contributed by atoms with Crippen LogP contribution in [0.3, 0.4) is 0 Å². The van der Waals surface area contributed by atoms with Gasteiger partial charge in [-0.25, -0.2) is 0 Å². The van der Waals surface area contributed by atoms with Crippen molar-refractivity contribution in [2.75, 3.05) is 13.1 Å². The number of rotatable bonds is 6. The second-order valence-corrected chi connectivity index (χ2v) is 7.40. The van der Waals surface area contributed by atoms with Crippen LogP contribution in [0.5, 0.6) is 0 Å². The molecule has 1 N–H and O–H groups in total. The van der Waals surface area contributed by atoms with E-state index in [0.717, 1.165) is 24.3 Å². The molecule has 1 aliphatic carbocycles. The minimum atomic E-state index is 0.747. The van der Waals surface area contributed by atoms with Crippen molar-refractivity contribution in [3.63, 3.8) is 0 Å². The predicted octanol–water partition coefficient (Wildman–Crippen LogP) is 5.05. The smallest absolute Gasteiger partial charge is 0.00916 e. The van der Waals surface area contributed by atoms with Crippen molar-refractivity contribution in [1.29, 1.82) is 0 Å². The Balaban J connectivity index is 1.96. The summed E-state index contributed by atoms with van der Waals surface area (Å²) in [5.41, 5.74) is 0. The van der Waals surface area contributed by atoms with E-state index >= 15 is 0 Å². The van der Waals surface area contributed by atoms with Crippen LogP contribution in [0.1, 0.15) is 63.2 Å². The van der Waals surface area contributed by atoms with E-state index in [9.17, 15) is 0 Å². The molecule has 19 heavy (non-hydrogen) atoms. The van der Waals surface area contributed by atoms with Crippen molar-refractivity contribution in [2.45, 2.75) is 58.3 Å². The molecule has 1 saturated carbocycles. The van der Waals surface area contributed by atoms with E-state index < -0.39 is 0 Å². The zero-order valence-electron chi connectivity index (χ0n) is 12.5. The number of hydrogen-bond acceptors (Lipinski definition) is 2. The molecule has 1 aliphatic rings. The fourth-order valence-electron chi connectivity index (χ4n) is 3.24. The van der Waals surface area contributed by atoms with Crippen LogP contribution < -0.4 is 5.32 Å². The first-order valence-corrected chi connectivity index (χ1v) is 8.89. The fraction of sp³-hybridized carbons (Fsp3) is 0.765. The van der Waals surface area contributed by atoms with Gasteiger partial charge in [-0.1, -0.05) is 45.6 Å². The molecule has 1 nitrogen and oxygen atoms in total. The van der Waals surface area contributed by atoms with Gasteiger partial charge in [0.25, 0.3) is 0 Å². The van der Waals surface area contributed by atoms with E-state index in [-0.39, 0.29) is 0 Å². The predicted molar refractivity (Wildman–Crippen MR) is 86.0 cm³/mol. The molecule has 1 unspecified atom stereocenters. The SMILES string of the molecule is CC(C)CNCC(c1cccs1)C1CCCCCC1. The Bertz CT molecular complexity index is 323. The van der Waals surface area contributed by atoms with Gasteiger partial charge in [0, 0.05) is 17.3 Å². The Labute approximate surface area is 122 Å². The van der Waals surface area contributed by atoms with E-state index in [2.05, 4.69) is 36.7 Å². The summed E-state index contributed by atoms with van der Waals surface area (Å²) in [7, 11) is 0. The lowest BCUT2D eigenvalue weighted by atomic mass is 9.85. The van der Waals surface area contributed by atoms with Gasteiger partial charge in [0.15, 0.2) is 0 Å². The molecule has 0 amide bonds. The molecule has 0 radical (unpaired) electrons. The molecular formula is C17H29NS. The Morgan fingerprint density at radius 3 is 2.47 bits per heavy atom. The Kier molecular flexibility index (Phi) is 6.39. The molecule has 1 fully saturated rings. The molecular weight excluding hydrogens is 250 g/mol. The highest BCUT2D eigenvalue weighted by molar-refractivity contribution is 7.10. The summed E-state index contributed by atoms with van der Waals surface area (Å²) in [6, 6.07) is 4.56. The van der Waals surface area contributed by atoms with Gasteiger partial charge in [-0.3, -0.25) is 0 Å². The van der Waals surface area contributed by atoms with Crippen molar-refractivity contribution >= 4 is 11.3 Å². The van der Waals surface area contributed by atoms with E-state index in [1.807, 2.05) is 11.3 Å². The summed E-state index contributed by atoms with van der Waals surface area (Å²) >= 11 is 1.95. The summed E-state index contributed by atoms with van der Waals surface area (Å²) in [6.07, 6.45) is 8.66. The minimum Gasteiger partial charge on any atom is -0.316 e. The van der Waals surface area contributed by atoms with Gasteiger partial charge in [0.05, 0.1) is 0 Å². The largest absolute Gasteiger partial charge is 0.316 e. The van der Waals surface area contributed by atoms with Crippen molar-refractivity contribution in [2.24, 2.45) is 11.8 Å². The van der Waals surface area contributed by atoms with Crippen LogP contribution in [0.4, 0.5) is 0 Å². The third-order valence-electron chi connectivity index (χ3n) is 4.29. The van der Waals surface area contributed by atoms with Crippen LogP contribution in [0.15, 0.2) is 17.5 Å². The lowest BCUT2D eigenvalue weighted by Gasteiger charge is -2.26. The van der Waals surface area contributed by atoms with Gasteiger partial charge in [0.2, 0.25) is 0 Å². The van der Waals surface area contributed by atoms with E-state index in [1.54, 1.807) is 4.88 Å². The molecule has 0 aromatic carbocycles. The normalized spacial score (nSPS) is 19.5. The Hall–Kier alpha value is -0.340. The van der Waals surface area contributed by atoms with Crippen molar-refractivity contribution < 1.29 is 0 Å². The Morgan fingerprint density at radius 2 is 1.89 bits per heavy atom. The highest BCUT2D eigenvalue weighted by Gasteiger charge is 2.24. The molecule has 0 aliphatic heterocycles. The number of thiophene rings is 1. The van der Waals surface area contributed by atoms with Gasteiger partial charge in [-0.05, 0) is 42.7 Å². The van der Waals surface area contributed by atoms with Gasteiger partial charge in [-0.15, -0.1) is 11.3 Å². The van der Waals surface area contributed by atoms with Crippen LogP contribution in [0.25, 0.3) is 0 Å². The topological polar surface area (TPSA) is 12.0 Å². The summed E-state index contributed by atoms with van der Waals surface area (Å²) in [5.74, 6) is 2.40. The van der Waals surface area contributed by atoms with Crippen molar-refractivity contribution in [1.82, 2.24) is 5.32 Å². The van der Waals surface area contributed by atoms with Crippen LogP contribution >= 0.6 is 11.3 Å². The van der Waals surface area contributed by atoms with Crippen LogP contribution in [-0.4, -0.2) is 13.1 Å². The van der Waals surface area contributed by atoms with Gasteiger partial charge in [-0.2, -0.15) is 0 Å². The molecule has 1 aromatic heterocycles. The van der Waals surface area contributed by atoms with Gasteiger partial charge < -0.3 is 5.32 Å². The fourth-order valence-corrected chi connectivity index (χ4v) is 4.16. The maximum absolute atomic E-state index is 3.70. The summed E-state index contributed by atoms with van der Waals surface area (Å²) < 4.78 is 0. The van der Waals surface area contributed by atoms with Gasteiger partial charge in [0.1, 0.15) is 0 Å². The zero-order chi connectivity index (χ0) is 13.5. The molecule has 0 bridgehead atoms. The van der Waals surface area contributed by atoms with E-state index in [1.165, 1.54) is 45.1 Å². The molecule has 2 rings (SSSR count). The third-order valence-corrected chi connectivity index (χ3v) is 5.30. The highest BCUT2D eigenvalue weighted by atomic mass is 32.1. The molecule has 0 saturated heterocycles. The summed E-state index contributed by atoms with van der Waals surface area (Å²) in [4.78, 5) is 1.60. The van der Waals surface area contributed by atoms with Crippen LogP contribution in [0, 0.1) is 11.8 Å². The first-order valence-electron chi connectivity index (χ1n) is 8.01. The van der Waals surface area contributed by atoms with Crippen molar-refractivity contribution in [3.05, 3.63) is 22.4 Å². The van der Waals surface area contributed by atoms with Gasteiger partial charge >= 0.3 is 0 Å². The van der Waals surface area contributed by atoms with E-state index in [4.69, 9.17) is 0 Å². The van der Waals surface area contributed by atoms with Crippen molar-refractivity contribution in [3.8, 4) is 0 Å². The molecule has 108 valence electrons. The monoisotopic (exact) mass is 279 g/mol. The molecule has 2 heteroatoms. The molecule has 1 atom stereocenters. The quantitative estimate of drug-likeness (QED) is 0.719. The maximum Gasteiger partial charge on any atom is 0.00916 e. The lowest BCUT2D eigenvalue weighted by Crippen LogP contribution is -2.29. The maximum atomic E-state index is 3.70. The average Bonchev–Trinajstić information content (AvgIpc) is 2.77. The molecule has 1 aromatic rings. The highest BCUT2D eigenvalue weighted by Crippen LogP contribution is 2.36. The zero-order valence-corrected chi connectivity index (χ0v) is 13.3. The minimum absolute atomic E-state index is 0.747. The number of nitrogens with one attached hydrogen (secondary N) is 1. The number of hydrogen-bond donors (Lipinski definition) is 1. The Morgan fingerprint density at radius 1 is 1.16 bits per heavy atom. The summed E-state index contributed by atoms with van der Waals surface area (Å²) in [6.45, 7) is 6.90. The second-order valence-electron chi connectivity index (χ2n) is 6.43. The average molecular weight is 279 g/mol. The lowest BCUT2D eigenvalue weighted by molar-refractivity contribution is 0.359. The second kappa shape index (κ2) is 8.06. The van der Waals surface area contributed by atoms with E-state index in [0.29, 0.717) is 0 Å². The van der Waals surface area contributed by atoms with Crippen LogP contribution in [-0.2, 0) is 0 Å². The molecule has 1 heterocycles. The summed E-state index contributed by atoms with van der Waals surface area (Å²) in [5, 5.41) is 5.94. The third kappa shape index (κ3) is 4.92. The first-order chi connectivity index (χ1) is 9.27. The van der Waals surface area contributed by atoms with Crippen LogP contribution in [0.2, 0.25) is 0 Å².